The van der Waals surface area contributed by atoms with E-state index in [1.54, 1.807) is 22.8 Å². The molecule has 124 valence electrons. The molecule has 1 aromatic heterocycles. The van der Waals surface area contributed by atoms with E-state index >= 15 is 0 Å². The fourth-order valence-electron chi connectivity index (χ4n) is 2.76. The van der Waals surface area contributed by atoms with Gasteiger partial charge in [-0.25, -0.2) is 4.98 Å². The molecule has 0 saturated carbocycles. The zero-order valence-corrected chi connectivity index (χ0v) is 14.5. The molecule has 0 amide bonds. The van der Waals surface area contributed by atoms with Crippen molar-refractivity contribution in [2.24, 2.45) is 0 Å². The summed E-state index contributed by atoms with van der Waals surface area (Å²) in [5.74, 6) is 0.689. The number of nitrogens with zero attached hydrogens (tertiary/aromatic N) is 2. The second-order valence-electron chi connectivity index (χ2n) is 5.78. The second kappa shape index (κ2) is 7.16. The molecule has 0 spiro atoms. The highest BCUT2D eigenvalue weighted by Gasteiger charge is 2.17. The van der Waals surface area contributed by atoms with Gasteiger partial charge in [-0.15, -0.1) is 0 Å². The van der Waals surface area contributed by atoms with Gasteiger partial charge in [-0.1, -0.05) is 36.7 Å². The van der Waals surface area contributed by atoms with Gasteiger partial charge in [0.15, 0.2) is 0 Å². The number of hydrogen-bond donors (Lipinski definition) is 1. The van der Waals surface area contributed by atoms with Crippen molar-refractivity contribution in [3.8, 4) is 5.69 Å². The van der Waals surface area contributed by atoms with Crippen LogP contribution in [-0.4, -0.2) is 16.1 Å². The van der Waals surface area contributed by atoms with Gasteiger partial charge in [-0.3, -0.25) is 9.36 Å². The van der Waals surface area contributed by atoms with E-state index in [9.17, 15) is 4.79 Å². The third-order valence-electron chi connectivity index (χ3n) is 3.96. The Morgan fingerprint density at radius 2 is 2.00 bits per heavy atom. The summed E-state index contributed by atoms with van der Waals surface area (Å²) in [7, 11) is 0. The summed E-state index contributed by atoms with van der Waals surface area (Å²) in [5, 5.41) is 4.60. The minimum atomic E-state index is -0.0805. The molecule has 0 aliphatic rings. The summed E-state index contributed by atoms with van der Waals surface area (Å²) in [6.45, 7) is 4.99. The predicted molar refractivity (Wildman–Crippen MR) is 99.1 cm³/mol. The molecule has 5 heteroatoms. The van der Waals surface area contributed by atoms with E-state index in [0.29, 0.717) is 21.7 Å². The topological polar surface area (TPSA) is 46.9 Å². The van der Waals surface area contributed by atoms with Gasteiger partial charge in [-0.2, -0.15) is 0 Å². The molecule has 0 unspecified atom stereocenters. The maximum atomic E-state index is 13.1. The summed E-state index contributed by atoms with van der Waals surface area (Å²) in [4.78, 5) is 17.8. The number of halogens is 1. The molecule has 0 aliphatic carbocycles. The minimum Gasteiger partial charge on any atom is -0.308 e. The van der Waals surface area contributed by atoms with Gasteiger partial charge in [0.1, 0.15) is 5.82 Å². The van der Waals surface area contributed by atoms with E-state index < -0.39 is 0 Å². The lowest BCUT2D eigenvalue weighted by Crippen LogP contribution is -2.30. The zero-order chi connectivity index (χ0) is 17.1. The maximum Gasteiger partial charge on any atom is 0.266 e. The molecular formula is C19H20ClN3O. The lowest BCUT2D eigenvalue weighted by atomic mass is 10.2. The van der Waals surface area contributed by atoms with Crippen LogP contribution in [-0.2, 0) is 0 Å². The first kappa shape index (κ1) is 16.7. The van der Waals surface area contributed by atoms with Crippen molar-refractivity contribution in [1.29, 1.82) is 0 Å². The van der Waals surface area contributed by atoms with Crippen LogP contribution >= 0.6 is 11.6 Å². The Bertz CT molecular complexity index is 920. The Morgan fingerprint density at radius 1 is 1.21 bits per heavy atom. The van der Waals surface area contributed by atoms with Crippen molar-refractivity contribution in [2.45, 2.75) is 26.3 Å². The highest BCUT2D eigenvalue weighted by molar-refractivity contribution is 6.30. The highest BCUT2D eigenvalue weighted by Crippen LogP contribution is 2.20. The average Bonchev–Trinajstić information content (AvgIpc) is 2.59. The summed E-state index contributed by atoms with van der Waals surface area (Å²) in [6.07, 6.45) is 1.01. The van der Waals surface area contributed by atoms with E-state index in [4.69, 9.17) is 16.6 Å². The number of rotatable bonds is 5. The summed E-state index contributed by atoms with van der Waals surface area (Å²) < 4.78 is 1.65. The number of aromatic nitrogens is 2. The third-order valence-corrected chi connectivity index (χ3v) is 4.19. The first-order valence-corrected chi connectivity index (χ1v) is 8.50. The van der Waals surface area contributed by atoms with Crippen LogP contribution in [0.4, 0.5) is 0 Å². The Kier molecular flexibility index (Phi) is 4.97. The number of nitrogens with one attached hydrogen (secondary N) is 1. The minimum absolute atomic E-state index is 0.0544. The Balaban J connectivity index is 2.27. The summed E-state index contributed by atoms with van der Waals surface area (Å²) >= 11 is 6.13. The van der Waals surface area contributed by atoms with E-state index in [0.717, 1.165) is 18.7 Å². The SMILES string of the molecule is CCCN[C@@H](C)c1nc2ccccc2c(=O)n1-c1cccc(Cl)c1. The van der Waals surface area contributed by atoms with Gasteiger partial charge in [0.25, 0.3) is 5.56 Å². The Hall–Kier alpha value is -2.17. The molecule has 0 aliphatic heterocycles. The van der Waals surface area contributed by atoms with Crippen LogP contribution in [0, 0.1) is 0 Å². The first-order valence-electron chi connectivity index (χ1n) is 8.13. The molecule has 3 aromatic rings. The van der Waals surface area contributed by atoms with Crippen molar-refractivity contribution in [3.63, 3.8) is 0 Å². The van der Waals surface area contributed by atoms with Gasteiger partial charge < -0.3 is 5.32 Å². The fourth-order valence-corrected chi connectivity index (χ4v) is 2.94. The van der Waals surface area contributed by atoms with Crippen molar-refractivity contribution in [3.05, 3.63) is 69.7 Å². The van der Waals surface area contributed by atoms with Crippen LogP contribution in [0.25, 0.3) is 16.6 Å². The third kappa shape index (κ3) is 3.21. The van der Waals surface area contributed by atoms with Crippen molar-refractivity contribution < 1.29 is 0 Å². The van der Waals surface area contributed by atoms with Gasteiger partial charge in [0.05, 0.1) is 22.6 Å². The molecule has 0 bridgehead atoms. The van der Waals surface area contributed by atoms with Gasteiger partial charge in [0.2, 0.25) is 0 Å². The lowest BCUT2D eigenvalue weighted by Gasteiger charge is -2.19. The molecule has 0 saturated heterocycles. The maximum absolute atomic E-state index is 13.1. The smallest absolute Gasteiger partial charge is 0.266 e. The average molecular weight is 342 g/mol. The van der Waals surface area contributed by atoms with Crippen LogP contribution in [0.2, 0.25) is 5.02 Å². The van der Waals surface area contributed by atoms with Crippen LogP contribution in [0.3, 0.4) is 0 Å². The van der Waals surface area contributed by atoms with E-state index in [-0.39, 0.29) is 11.6 Å². The Morgan fingerprint density at radius 3 is 2.75 bits per heavy atom. The quantitative estimate of drug-likeness (QED) is 0.760. The van der Waals surface area contributed by atoms with Crippen molar-refractivity contribution in [1.82, 2.24) is 14.9 Å². The normalized spacial score (nSPS) is 12.5. The summed E-state index contributed by atoms with van der Waals surface area (Å²) in [6, 6.07) is 14.7. The van der Waals surface area contributed by atoms with Gasteiger partial charge in [0, 0.05) is 5.02 Å². The predicted octanol–water partition coefficient (Wildman–Crippen LogP) is 4.10. The molecule has 1 heterocycles. The van der Waals surface area contributed by atoms with Crippen LogP contribution in [0.5, 0.6) is 0 Å². The van der Waals surface area contributed by atoms with Crippen molar-refractivity contribution >= 4 is 22.5 Å². The van der Waals surface area contributed by atoms with E-state index in [2.05, 4.69) is 12.2 Å². The number of hydrogen-bond acceptors (Lipinski definition) is 3. The van der Waals surface area contributed by atoms with Gasteiger partial charge >= 0.3 is 0 Å². The standard InChI is InChI=1S/C19H20ClN3O/c1-3-11-21-13(2)18-22-17-10-5-4-9-16(17)19(24)23(18)15-8-6-7-14(20)12-15/h4-10,12-13,21H,3,11H2,1-2H3/t13-/m0/s1. The fraction of sp³-hybridized carbons (Fsp3) is 0.263. The Labute approximate surface area is 146 Å². The monoisotopic (exact) mass is 341 g/mol. The zero-order valence-electron chi connectivity index (χ0n) is 13.8. The molecule has 0 radical (unpaired) electrons. The first-order chi connectivity index (χ1) is 11.6. The van der Waals surface area contributed by atoms with Crippen LogP contribution in [0.1, 0.15) is 32.1 Å². The highest BCUT2D eigenvalue weighted by atomic mass is 35.5. The largest absolute Gasteiger partial charge is 0.308 e. The molecule has 2 aromatic carbocycles. The molecule has 3 rings (SSSR count). The van der Waals surface area contributed by atoms with Gasteiger partial charge in [-0.05, 0) is 50.2 Å². The van der Waals surface area contributed by atoms with E-state index in [1.807, 2.05) is 37.3 Å². The number of fused-ring (bicyclic) bond motifs is 1. The lowest BCUT2D eigenvalue weighted by molar-refractivity contribution is 0.531. The molecule has 0 fully saturated rings. The second-order valence-corrected chi connectivity index (χ2v) is 6.22. The van der Waals surface area contributed by atoms with Crippen LogP contribution < -0.4 is 10.9 Å². The molecule has 1 N–H and O–H groups in total. The molecule has 1 atom stereocenters. The molecule has 4 nitrogen and oxygen atoms in total. The molecular weight excluding hydrogens is 322 g/mol. The van der Waals surface area contributed by atoms with Crippen molar-refractivity contribution in [2.75, 3.05) is 6.54 Å². The summed E-state index contributed by atoms with van der Waals surface area (Å²) in [5.41, 5.74) is 1.36. The van der Waals surface area contributed by atoms with E-state index in [1.165, 1.54) is 0 Å². The molecule has 24 heavy (non-hydrogen) atoms. The van der Waals surface area contributed by atoms with Crippen LogP contribution in [0.15, 0.2) is 53.3 Å². The number of para-hydroxylation sites is 1. The number of benzene rings is 2.